The Kier molecular flexibility index (Phi) is 11.4. The van der Waals surface area contributed by atoms with Gasteiger partial charge in [0.05, 0.1) is 30.2 Å². The van der Waals surface area contributed by atoms with E-state index in [4.69, 9.17) is 10.00 Å². The summed E-state index contributed by atoms with van der Waals surface area (Å²) in [6.45, 7) is 5.70. The Hall–Kier alpha value is -5.71. The lowest BCUT2D eigenvalue weighted by Gasteiger charge is -2.28. The topological polar surface area (TPSA) is 104 Å². The first-order chi connectivity index (χ1) is 23.3. The van der Waals surface area contributed by atoms with Crippen molar-refractivity contribution in [3.63, 3.8) is 0 Å². The van der Waals surface area contributed by atoms with Crippen LogP contribution < -0.4 is 5.32 Å². The predicted molar refractivity (Wildman–Crippen MR) is 187 cm³/mol. The second-order valence-electron chi connectivity index (χ2n) is 12.0. The van der Waals surface area contributed by atoms with Gasteiger partial charge < -0.3 is 19.7 Å². The van der Waals surface area contributed by atoms with Crippen LogP contribution in [0.1, 0.15) is 36.1 Å². The van der Waals surface area contributed by atoms with Crippen molar-refractivity contribution in [3.05, 3.63) is 156 Å². The van der Waals surface area contributed by atoms with E-state index in [-0.39, 0.29) is 19.6 Å². The van der Waals surface area contributed by atoms with Crippen LogP contribution in [0.15, 0.2) is 140 Å². The SMILES string of the molecule is C=C(C)CC(C(=O)OCc1ccccc1)C(C(=O)N[C@H](CO)Cc1ccccc1)n1ccc(-c2ccc(-c3ccc(C#N)cc3)cc2)c1. The van der Waals surface area contributed by atoms with Crippen molar-refractivity contribution in [2.45, 2.75) is 38.5 Å². The summed E-state index contributed by atoms with van der Waals surface area (Å²) in [5.74, 6) is -1.78. The number of hydrogen-bond donors (Lipinski definition) is 2. The number of carbonyl (C=O) groups is 2. The summed E-state index contributed by atoms with van der Waals surface area (Å²) >= 11 is 0. The summed E-state index contributed by atoms with van der Waals surface area (Å²) in [5, 5.41) is 22.4. The molecule has 5 rings (SSSR count). The van der Waals surface area contributed by atoms with Gasteiger partial charge in [-0.05, 0) is 71.3 Å². The number of aromatic nitrogens is 1. The molecule has 0 aliphatic rings. The lowest BCUT2D eigenvalue weighted by atomic mass is 9.91. The Morgan fingerprint density at radius 2 is 1.40 bits per heavy atom. The maximum absolute atomic E-state index is 14.2. The molecule has 0 saturated carbocycles. The molecular formula is C41H39N3O4. The molecule has 1 heterocycles. The molecule has 1 amide bonds. The van der Waals surface area contributed by atoms with E-state index in [1.807, 2.05) is 116 Å². The number of hydrogen-bond acceptors (Lipinski definition) is 5. The van der Waals surface area contributed by atoms with E-state index >= 15 is 0 Å². The van der Waals surface area contributed by atoms with E-state index in [2.05, 4.69) is 18.0 Å². The number of nitriles is 1. The minimum atomic E-state index is -0.971. The fourth-order valence-electron chi connectivity index (χ4n) is 5.76. The highest BCUT2D eigenvalue weighted by Gasteiger charge is 2.37. The van der Waals surface area contributed by atoms with Gasteiger partial charge in [-0.2, -0.15) is 5.26 Å². The van der Waals surface area contributed by atoms with Gasteiger partial charge in [-0.15, -0.1) is 6.58 Å². The molecular weight excluding hydrogens is 598 g/mol. The molecule has 5 aromatic rings. The number of benzene rings is 4. The summed E-state index contributed by atoms with van der Waals surface area (Å²) < 4.78 is 7.55. The molecule has 0 aliphatic heterocycles. The minimum Gasteiger partial charge on any atom is -0.461 e. The maximum atomic E-state index is 14.2. The molecule has 0 bridgehead atoms. The average molecular weight is 638 g/mol. The van der Waals surface area contributed by atoms with Crippen LogP contribution in [-0.2, 0) is 27.4 Å². The highest BCUT2D eigenvalue weighted by Crippen LogP contribution is 2.31. The average Bonchev–Trinajstić information content (AvgIpc) is 3.60. The molecule has 1 aromatic heterocycles. The van der Waals surface area contributed by atoms with E-state index in [0.29, 0.717) is 12.0 Å². The molecule has 7 nitrogen and oxygen atoms in total. The molecule has 0 radical (unpaired) electrons. The third-order valence-electron chi connectivity index (χ3n) is 8.24. The molecule has 0 spiro atoms. The standard InChI is InChI=1S/C41H39N3O4/c1-29(2)23-38(41(47)48-28-32-11-7-4-8-12-32)39(40(46)43-37(27-45)24-30-9-5-3-6-10-30)44-22-21-36(26-44)35-19-17-34(18-20-35)33-15-13-31(25-42)14-16-33/h3-22,26,37-39,45H,1,23-24,27-28H2,2H3,(H,43,46)/t37-,38?,39?/m0/s1. The van der Waals surface area contributed by atoms with E-state index in [9.17, 15) is 14.7 Å². The molecule has 48 heavy (non-hydrogen) atoms. The predicted octanol–water partition coefficient (Wildman–Crippen LogP) is 7.28. The number of nitrogens with zero attached hydrogens (tertiary/aromatic N) is 2. The lowest BCUT2D eigenvalue weighted by molar-refractivity contribution is -0.154. The monoisotopic (exact) mass is 637 g/mol. The molecule has 0 saturated heterocycles. The Labute approximate surface area is 281 Å². The van der Waals surface area contributed by atoms with Crippen molar-refractivity contribution in [2.75, 3.05) is 6.61 Å². The number of rotatable bonds is 14. The number of aliphatic hydroxyl groups excluding tert-OH is 1. The van der Waals surface area contributed by atoms with Crippen LogP contribution in [0.4, 0.5) is 0 Å². The highest BCUT2D eigenvalue weighted by atomic mass is 16.5. The molecule has 7 heteroatoms. The third kappa shape index (κ3) is 8.75. The van der Waals surface area contributed by atoms with E-state index in [1.165, 1.54) is 0 Å². The van der Waals surface area contributed by atoms with Crippen LogP contribution in [0.25, 0.3) is 22.3 Å². The van der Waals surface area contributed by atoms with Crippen molar-refractivity contribution in [1.29, 1.82) is 5.26 Å². The van der Waals surface area contributed by atoms with E-state index < -0.39 is 29.9 Å². The third-order valence-corrected chi connectivity index (χ3v) is 8.24. The molecule has 0 aliphatic carbocycles. The van der Waals surface area contributed by atoms with Crippen LogP contribution in [0, 0.1) is 17.2 Å². The lowest BCUT2D eigenvalue weighted by Crippen LogP contribution is -2.46. The number of ether oxygens (including phenoxy) is 1. The van der Waals surface area contributed by atoms with Crippen molar-refractivity contribution < 1.29 is 19.4 Å². The Morgan fingerprint density at radius 3 is 1.96 bits per heavy atom. The minimum absolute atomic E-state index is 0.0799. The Morgan fingerprint density at radius 1 is 0.833 bits per heavy atom. The van der Waals surface area contributed by atoms with Gasteiger partial charge in [-0.3, -0.25) is 9.59 Å². The summed E-state index contributed by atoms with van der Waals surface area (Å²) in [7, 11) is 0. The number of amides is 1. The van der Waals surface area contributed by atoms with Crippen molar-refractivity contribution >= 4 is 11.9 Å². The molecule has 4 aromatic carbocycles. The van der Waals surface area contributed by atoms with Gasteiger partial charge >= 0.3 is 5.97 Å². The zero-order chi connectivity index (χ0) is 33.9. The van der Waals surface area contributed by atoms with Gasteiger partial charge in [-0.1, -0.05) is 103 Å². The highest BCUT2D eigenvalue weighted by molar-refractivity contribution is 5.87. The summed E-state index contributed by atoms with van der Waals surface area (Å²) in [6.07, 6.45) is 4.33. The van der Waals surface area contributed by atoms with Crippen LogP contribution in [0.5, 0.6) is 0 Å². The molecule has 0 fully saturated rings. The number of nitrogens with one attached hydrogen (secondary N) is 1. The van der Waals surface area contributed by atoms with Gasteiger partial charge in [-0.25, -0.2) is 0 Å². The van der Waals surface area contributed by atoms with E-state index in [0.717, 1.165) is 39.0 Å². The van der Waals surface area contributed by atoms with Crippen LogP contribution >= 0.6 is 0 Å². The van der Waals surface area contributed by atoms with Crippen LogP contribution in [0.3, 0.4) is 0 Å². The largest absolute Gasteiger partial charge is 0.461 e. The normalized spacial score (nSPS) is 12.7. The van der Waals surface area contributed by atoms with Crippen molar-refractivity contribution in [3.8, 4) is 28.3 Å². The fraction of sp³-hybridized carbons (Fsp3) is 0.195. The zero-order valence-corrected chi connectivity index (χ0v) is 27.0. The van der Waals surface area contributed by atoms with Gasteiger partial charge in [0.2, 0.25) is 5.91 Å². The number of esters is 1. The van der Waals surface area contributed by atoms with Crippen molar-refractivity contribution in [1.82, 2.24) is 9.88 Å². The zero-order valence-electron chi connectivity index (χ0n) is 27.0. The van der Waals surface area contributed by atoms with Gasteiger partial charge in [0.25, 0.3) is 0 Å². The van der Waals surface area contributed by atoms with Gasteiger partial charge in [0, 0.05) is 12.4 Å². The second kappa shape index (κ2) is 16.2. The Balaban J connectivity index is 1.44. The molecule has 242 valence electrons. The fourth-order valence-corrected chi connectivity index (χ4v) is 5.76. The van der Waals surface area contributed by atoms with Gasteiger partial charge in [0.1, 0.15) is 12.6 Å². The van der Waals surface area contributed by atoms with Gasteiger partial charge in [0.15, 0.2) is 0 Å². The maximum Gasteiger partial charge on any atom is 0.312 e. The summed E-state index contributed by atoms with van der Waals surface area (Å²) in [4.78, 5) is 28.0. The van der Waals surface area contributed by atoms with Crippen LogP contribution in [0.2, 0.25) is 0 Å². The number of aliphatic hydroxyl groups is 1. The quantitative estimate of drug-likeness (QED) is 0.0984. The summed E-state index contributed by atoms with van der Waals surface area (Å²) in [6, 6.07) is 37.0. The second-order valence-corrected chi connectivity index (χ2v) is 12.0. The smallest absolute Gasteiger partial charge is 0.312 e. The molecule has 2 N–H and O–H groups in total. The van der Waals surface area contributed by atoms with E-state index in [1.54, 1.807) is 22.9 Å². The molecule has 3 atom stereocenters. The van der Waals surface area contributed by atoms with Crippen LogP contribution in [-0.4, -0.2) is 34.2 Å². The molecule has 2 unspecified atom stereocenters. The number of allylic oxidation sites excluding steroid dienone is 1. The first kappa shape index (κ1) is 33.6. The summed E-state index contributed by atoms with van der Waals surface area (Å²) in [5.41, 5.74) is 6.98. The first-order valence-electron chi connectivity index (χ1n) is 15.9. The first-order valence-corrected chi connectivity index (χ1v) is 15.9. The number of carbonyl (C=O) groups excluding carboxylic acids is 2. The van der Waals surface area contributed by atoms with Crippen molar-refractivity contribution in [2.24, 2.45) is 5.92 Å². The Bertz CT molecular complexity index is 1860.